The molecule has 4 rings (SSSR count). The molecule has 0 unspecified atom stereocenters. The number of nitrogens with zero attached hydrogens (tertiary/aromatic N) is 3. The molecule has 0 saturated heterocycles. The molecule has 0 aliphatic rings. The first kappa shape index (κ1) is 25.0. The van der Waals surface area contributed by atoms with E-state index < -0.39 is 0 Å². The molecule has 2 aromatic heterocycles. The van der Waals surface area contributed by atoms with Crippen LogP contribution in [0.2, 0.25) is 0 Å². The first-order valence-corrected chi connectivity index (χ1v) is 13.3. The van der Waals surface area contributed by atoms with Gasteiger partial charge in [0.1, 0.15) is 0 Å². The Balaban J connectivity index is 1.59. The minimum atomic E-state index is -0.0282. The fourth-order valence-corrected chi connectivity index (χ4v) is 5.40. The molecule has 35 heavy (non-hydrogen) atoms. The summed E-state index contributed by atoms with van der Waals surface area (Å²) in [4.78, 5) is 31.3. The number of thioether (sulfide) groups is 1. The number of Topliss-reactive ketones (excluding diaryl/α,β-unsaturated/α-hetero) is 1. The molecular formula is C29H33N3O2S. The smallest absolute Gasteiger partial charge is 0.262 e. The van der Waals surface area contributed by atoms with Crippen molar-refractivity contribution in [2.45, 2.75) is 65.1 Å². The van der Waals surface area contributed by atoms with Gasteiger partial charge in [0.2, 0.25) is 0 Å². The highest BCUT2D eigenvalue weighted by molar-refractivity contribution is 7.99. The van der Waals surface area contributed by atoms with E-state index >= 15 is 0 Å². The second kappa shape index (κ2) is 11.1. The van der Waals surface area contributed by atoms with Crippen molar-refractivity contribution < 1.29 is 4.79 Å². The van der Waals surface area contributed by atoms with Gasteiger partial charge >= 0.3 is 0 Å². The Bertz CT molecular complexity index is 1400. The first-order chi connectivity index (χ1) is 16.9. The minimum Gasteiger partial charge on any atom is -0.318 e. The third-order valence-corrected chi connectivity index (χ3v) is 7.39. The van der Waals surface area contributed by atoms with Crippen molar-refractivity contribution in [3.8, 4) is 5.69 Å². The Kier molecular flexibility index (Phi) is 7.91. The molecule has 4 aromatic rings. The van der Waals surface area contributed by atoms with Crippen LogP contribution < -0.4 is 5.56 Å². The van der Waals surface area contributed by atoms with Crippen LogP contribution in [0.1, 0.15) is 59.9 Å². The fourth-order valence-electron chi connectivity index (χ4n) is 4.50. The molecule has 6 heteroatoms. The third kappa shape index (κ3) is 5.43. The van der Waals surface area contributed by atoms with E-state index in [0.717, 1.165) is 42.8 Å². The van der Waals surface area contributed by atoms with Crippen LogP contribution in [0.15, 0.2) is 64.5 Å². The third-order valence-electron chi connectivity index (χ3n) is 6.42. The summed E-state index contributed by atoms with van der Waals surface area (Å²) in [7, 11) is 0. The quantitative estimate of drug-likeness (QED) is 0.109. The predicted molar refractivity (Wildman–Crippen MR) is 145 cm³/mol. The summed E-state index contributed by atoms with van der Waals surface area (Å²) in [5.74, 6) is 0.277. The van der Waals surface area contributed by atoms with Gasteiger partial charge in [-0.1, -0.05) is 67.8 Å². The van der Waals surface area contributed by atoms with Gasteiger partial charge in [0.05, 0.1) is 16.7 Å². The Morgan fingerprint density at radius 3 is 2.46 bits per heavy atom. The molecule has 0 atom stereocenters. The van der Waals surface area contributed by atoms with Gasteiger partial charge in [-0.3, -0.25) is 14.2 Å². The maximum atomic E-state index is 13.3. The number of benzene rings is 2. The molecule has 0 bridgehead atoms. The van der Waals surface area contributed by atoms with Crippen molar-refractivity contribution in [1.82, 2.24) is 14.1 Å². The monoisotopic (exact) mass is 487 g/mol. The lowest BCUT2D eigenvalue weighted by Gasteiger charge is -2.13. The molecule has 0 amide bonds. The zero-order chi connectivity index (χ0) is 24.9. The number of ketones is 1. The van der Waals surface area contributed by atoms with Crippen LogP contribution in [0.3, 0.4) is 0 Å². The van der Waals surface area contributed by atoms with Crippen molar-refractivity contribution in [2.75, 3.05) is 5.75 Å². The number of carbonyl (C=O) groups excluding carboxylic acids is 1. The standard InChI is InChI=1S/C29H33N3O2S/c1-5-6-7-10-17-31-28(34)24-11-8-9-12-26(24)30-29(31)35-19-27(33)25-18-21(3)32(22(25)4)23-15-13-20(2)14-16-23/h8-9,11-16,18H,5-7,10,17,19H2,1-4H3. The van der Waals surface area contributed by atoms with Crippen LogP contribution in [-0.2, 0) is 6.54 Å². The van der Waals surface area contributed by atoms with Gasteiger partial charge in [-0.25, -0.2) is 4.98 Å². The molecule has 182 valence electrons. The summed E-state index contributed by atoms with van der Waals surface area (Å²) in [6.45, 7) is 8.87. The van der Waals surface area contributed by atoms with E-state index in [2.05, 4.69) is 42.7 Å². The van der Waals surface area contributed by atoms with E-state index in [1.54, 1.807) is 4.57 Å². The molecule has 0 fully saturated rings. The van der Waals surface area contributed by atoms with Gasteiger partial charge in [-0.05, 0) is 57.5 Å². The number of hydrogen-bond donors (Lipinski definition) is 0. The SMILES string of the molecule is CCCCCCn1c(SCC(=O)c2cc(C)n(-c3ccc(C)cc3)c2C)nc2ccccc2c1=O. The number of unbranched alkanes of at least 4 members (excludes halogenated alkanes) is 3. The van der Waals surface area contributed by atoms with E-state index in [1.165, 1.54) is 17.3 Å². The largest absolute Gasteiger partial charge is 0.318 e. The van der Waals surface area contributed by atoms with Crippen LogP contribution >= 0.6 is 11.8 Å². The average molecular weight is 488 g/mol. The maximum Gasteiger partial charge on any atom is 0.262 e. The Morgan fingerprint density at radius 1 is 0.971 bits per heavy atom. The second-order valence-electron chi connectivity index (χ2n) is 9.10. The molecule has 2 aromatic carbocycles. The highest BCUT2D eigenvalue weighted by Gasteiger charge is 2.19. The van der Waals surface area contributed by atoms with Gasteiger partial charge in [0.15, 0.2) is 10.9 Å². The van der Waals surface area contributed by atoms with Crippen LogP contribution in [0.25, 0.3) is 16.6 Å². The molecule has 0 N–H and O–H groups in total. The molecule has 0 aliphatic heterocycles. The van der Waals surface area contributed by atoms with E-state index in [0.29, 0.717) is 28.2 Å². The van der Waals surface area contributed by atoms with Crippen LogP contribution in [0.5, 0.6) is 0 Å². The molecular weight excluding hydrogens is 454 g/mol. The zero-order valence-corrected chi connectivity index (χ0v) is 21.8. The lowest BCUT2D eigenvalue weighted by Crippen LogP contribution is -2.24. The van der Waals surface area contributed by atoms with E-state index in [1.807, 2.05) is 44.2 Å². The number of fused-ring (bicyclic) bond motifs is 1. The Hall–Kier alpha value is -3.12. The molecule has 0 saturated carbocycles. The van der Waals surface area contributed by atoms with E-state index in [9.17, 15) is 9.59 Å². The van der Waals surface area contributed by atoms with Gasteiger partial charge in [0, 0.05) is 29.2 Å². The summed E-state index contributed by atoms with van der Waals surface area (Å²) < 4.78 is 3.88. The lowest BCUT2D eigenvalue weighted by atomic mass is 10.2. The van der Waals surface area contributed by atoms with Crippen molar-refractivity contribution in [3.63, 3.8) is 0 Å². The summed E-state index contributed by atoms with van der Waals surface area (Å²) in [5.41, 5.74) is 5.57. The number of rotatable bonds is 10. The first-order valence-electron chi connectivity index (χ1n) is 12.3. The number of aromatic nitrogens is 3. The van der Waals surface area contributed by atoms with Crippen molar-refractivity contribution in [1.29, 1.82) is 0 Å². The average Bonchev–Trinajstić information content (AvgIpc) is 3.16. The van der Waals surface area contributed by atoms with Crippen molar-refractivity contribution >= 4 is 28.4 Å². The fraction of sp³-hybridized carbons (Fsp3) is 0.345. The topological polar surface area (TPSA) is 56.9 Å². The number of aryl methyl sites for hydroxylation is 2. The summed E-state index contributed by atoms with van der Waals surface area (Å²) in [6.07, 6.45) is 4.28. The van der Waals surface area contributed by atoms with Gasteiger partial charge in [-0.15, -0.1) is 0 Å². The van der Waals surface area contributed by atoms with Gasteiger partial charge in [0.25, 0.3) is 5.56 Å². The molecule has 0 aliphatic carbocycles. The van der Waals surface area contributed by atoms with Crippen LogP contribution in [0.4, 0.5) is 0 Å². The predicted octanol–water partition coefficient (Wildman–Crippen LogP) is 6.67. The molecule has 0 spiro atoms. The van der Waals surface area contributed by atoms with Crippen molar-refractivity contribution in [2.24, 2.45) is 0 Å². The second-order valence-corrected chi connectivity index (χ2v) is 10.0. The van der Waals surface area contributed by atoms with Gasteiger partial charge in [-0.2, -0.15) is 0 Å². The Labute approximate surface area is 211 Å². The minimum absolute atomic E-state index is 0.0282. The normalized spacial score (nSPS) is 11.3. The zero-order valence-electron chi connectivity index (χ0n) is 21.0. The molecule has 2 heterocycles. The van der Waals surface area contributed by atoms with Crippen molar-refractivity contribution in [3.05, 3.63) is 87.5 Å². The Morgan fingerprint density at radius 2 is 1.71 bits per heavy atom. The molecule has 5 nitrogen and oxygen atoms in total. The van der Waals surface area contributed by atoms with Gasteiger partial charge < -0.3 is 4.57 Å². The summed E-state index contributed by atoms with van der Waals surface area (Å²) in [6, 6.07) is 17.7. The summed E-state index contributed by atoms with van der Waals surface area (Å²) in [5, 5.41) is 1.24. The summed E-state index contributed by atoms with van der Waals surface area (Å²) >= 11 is 1.36. The van der Waals surface area contributed by atoms with Crippen LogP contribution in [-0.4, -0.2) is 25.7 Å². The molecule has 0 radical (unpaired) electrons. The lowest BCUT2D eigenvalue weighted by molar-refractivity contribution is 0.102. The number of hydrogen-bond acceptors (Lipinski definition) is 4. The van der Waals surface area contributed by atoms with E-state index in [-0.39, 0.29) is 17.1 Å². The number of carbonyl (C=O) groups is 1. The maximum absolute atomic E-state index is 13.3. The van der Waals surface area contributed by atoms with E-state index in [4.69, 9.17) is 4.98 Å². The highest BCUT2D eigenvalue weighted by Crippen LogP contribution is 2.25. The highest BCUT2D eigenvalue weighted by atomic mass is 32.2. The number of para-hydroxylation sites is 1. The van der Waals surface area contributed by atoms with Crippen LogP contribution in [0, 0.1) is 20.8 Å².